The number of allylic oxidation sites excluding steroid dienone is 1. The van der Waals surface area contributed by atoms with Crippen molar-refractivity contribution in [3.63, 3.8) is 0 Å². The molecule has 160 valence electrons. The molecule has 0 saturated carbocycles. The average Bonchev–Trinajstić information content (AvgIpc) is 3.01. The van der Waals surface area contributed by atoms with Crippen molar-refractivity contribution in [3.8, 4) is 0 Å². The van der Waals surface area contributed by atoms with Gasteiger partial charge in [0.1, 0.15) is 0 Å². The van der Waals surface area contributed by atoms with Crippen molar-refractivity contribution in [1.29, 1.82) is 0 Å². The van der Waals surface area contributed by atoms with Gasteiger partial charge >= 0.3 is 0 Å². The maximum atomic E-state index is 9.58. The number of aromatic nitrogens is 2. The highest BCUT2D eigenvalue weighted by Crippen LogP contribution is 2.30. The molecule has 0 aliphatic heterocycles. The number of aliphatic hydroxyl groups is 1. The molecule has 3 rings (SSSR count). The van der Waals surface area contributed by atoms with Gasteiger partial charge in [-0.1, -0.05) is 36.3 Å². The summed E-state index contributed by atoms with van der Waals surface area (Å²) in [5, 5.41) is 11.0. The minimum Gasteiger partial charge on any atom is -0.393 e. The van der Waals surface area contributed by atoms with Crippen molar-refractivity contribution in [3.05, 3.63) is 76.3 Å². The number of rotatable bonds is 9. The molecule has 2 heterocycles. The summed E-state index contributed by atoms with van der Waals surface area (Å²) in [5.74, 6) is 0. The number of aliphatic hydroxyl groups excluding tert-OH is 1. The third-order valence-electron chi connectivity index (χ3n) is 5.96. The van der Waals surface area contributed by atoms with Crippen LogP contribution in [0.2, 0.25) is 0 Å². The van der Waals surface area contributed by atoms with Gasteiger partial charge in [-0.15, -0.1) is 0 Å². The second-order valence-electron chi connectivity index (χ2n) is 8.64. The molecule has 3 aromatic rings. The summed E-state index contributed by atoms with van der Waals surface area (Å²) in [4.78, 5) is 4.47. The summed E-state index contributed by atoms with van der Waals surface area (Å²) in [7, 11) is 0. The zero-order valence-electron chi connectivity index (χ0n) is 19.2. The van der Waals surface area contributed by atoms with Gasteiger partial charge in [-0.05, 0) is 89.1 Å². The van der Waals surface area contributed by atoms with Crippen LogP contribution in [0.15, 0.2) is 48.2 Å². The number of pyridine rings is 1. The van der Waals surface area contributed by atoms with Gasteiger partial charge in [0.2, 0.25) is 0 Å². The van der Waals surface area contributed by atoms with Gasteiger partial charge in [0, 0.05) is 35.0 Å². The lowest BCUT2D eigenvalue weighted by molar-refractivity contribution is 0.198. The number of hydrogen-bond donors (Lipinski definition) is 1. The Morgan fingerprint density at radius 2 is 1.97 bits per heavy atom. The third kappa shape index (κ3) is 5.40. The monoisotopic (exact) mass is 404 g/mol. The first-order valence-corrected chi connectivity index (χ1v) is 11.2. The van der Waals surface area contributed by atoms with Gasteiger partial charge < -0.3 is 9.67 Å². The highest BCUT2D eigenvalue weighted by molar-refractivity contribution is 5.86. The Labute approximate surface area is 181 Å². The first kappa shape index (κ1) is 22.3. The Morgan fingerprint density at radius 3 is 2.63 bits per heavy atom. The highest BCUT2D eigenvalue weighted by atomic mass is 16.3. The van der Waals surface area contributed by atoms with Gasteiger partial charge in [-0.2, -0.15) is 0 Å². The summed E-state index contributed by atoms with van der Waals surface area (Å²) < 4.78 is 2.54. The molecule has 0 saturated heterocycles. The standard InChI is InChI=1S/C27H36N2O/c1-6-24-25-17-20(3)9-14-27(25)29(16-15-23-12-10-21(4)28-18-23)26(24)13-8-19(2)7-11-22(5)30/h7,9-10,12,14,17-18,22,30H,6,8,11,13,15-16H2,1-5H3/b19-7-/t22-/m0/s1. The summed E-state index contributed by atoms with van der Waals surface area (Å²) in [5.41, 5.74) is 9.31. The van der Waals surface area contributed by atoms with Crippen molar-refractivity contribution < 1.29 is 5.11 Å². The van der Waals surface area contributed by atoms with Gasteiger partial charge in [0.25, 0.3) is 0 Å². The molecule has 1 N–H and O–H groups in total. The lowest BCUT2D eigenvalue weighted by Gasteiger charge is -2.13. The summed E-state index contributed by atoms with van der Waals surface area (Å²) in [6.07, 6.45) is 8.74. The van der Waals surface area contributed by atoms with E-state index in [9.17, 15) is 5.11 Å². The minimum absolute atomic E-state index is 0.274. The van der Waals surface area contributed by atoms with Crippen LogP contribution in [0.3, 0.4) is 0 Å². The Morgan fingerprint density at radius 1 is 1.17 bits per heavy atom. The summed E-state index contributed by atoms with van der Waals surface area (Å²) in [6, 6.07) is 11.2. The van der Waals surface area contributed by atoms with Crippen LogP contribution in [0, 0.1) is 13.8 Å². The molecule has 0 unspecified atom stereocenters. The van der Waals surface area contributed by atoms with E-state index in [4.69, 9.17) is 0 Å². The van der Waals surface area contributed by atoms with E-state index >= 15 is 0 Å². The lowest BCUT2D eigenvalue weighted by atomic mass is 10.0. The normalized spacial score (nSPS) is 13.2. The van der Waals surface area contributed by atoms with E-state index in [2.05, 4.69) is 66.7 Å². The first-order chi connectivity index (χ1) is 14.4. The van der Waals surface area contributed by atoms with E-state index in [1.807, 2.05) is 20.0 Å². The largest absolute Gasteiger partial charge is 0.393 e. The topological polar surface area (TPSA) is 38.0 Å². The first-order valence-electron chi connectivity index (χ1n) is 11.2. The molecule has 2 aromatic heterocycles. The molecule has 0 fully saturated rings. The molecule has 3 heteroatoms. The van der Waals surface area contributed by atoms with E-state index in [1.54, 1.807) is 0 Å². The Kier molecular flexibility index (Phi) is 7.49. The summed E-state index contributed by atoms with van der Waals surface area (Å²) in [6.45, 7) is 11.5. The van der Waals surface area contributed by atoms with Crippen LogP contribution < -0.4 is 0 Å². The molecule has 1 aromatic carbocycles. The molecule has 0 aliphatic carbocycles. The molecule has 0 amide bonds. The maximum absolute atomic E-state index is 9.58. The van der Waals surface area contributed by atoms with Crippen molar-refractivity contribution in [2.24, 2.45) is 0 Å². The fourth-order valence-electron chi connectivity index (χ4n) is 4.20. The van der Waals surface area contributed by atoms with Crippen molar-refractivity contribution >= 4 is 10.9 Å². The van der Waals surface area contributed by atoms with E-state index < -0.39 is 0 Å². The second kappa shape index (κ2) is 10.1. The van der Waals surface area contributed by atoms with Crippen LogP contribution in [0.5, 0.6) is 0 Å². The van der Waals surface area contributed by atoms with Crippen LogP contribution in [0.1, 0.15) is 61.7 Å². The van der Waals surface area contributed by atoms with Gasteiger partial charge in [-0.25, -0.2) is 0 Å². The number of aryl methyl sites for hydroxylation is 5. The second-order valence-corrected chi connectivity index (χ2v) is 8.64. The van der Waals surface area contributed by atoms with Crippen molar-refractivity contribution in [1.82, 2.24) is 9.55 Å². The fourth-order valence-corrected chi connectivity index (χ4v) is 4.20. The van der Waals surface area contributed by atoms with Gasteiger partial charge in [0.05, 0.1) is 6.10 Å². The Hall–Kier alpha value is -2.39. The number of fused-ring (bicyclic) bond motifs is 1. The lowest BCUT2D eigenvalue weighted by Crippen LogP contribution is -2.08. The number of hydrogen-bond acceptors (Lipinski definition) is 2. The molecule has 0 bridgehead atoms. The van der Waals surface area contributed by atoms with Crippen LogP contribution in [-0.2, 0) is 25.8 Å². The zero-order valence-corrected chi connectivity index (χ0v) is 19.2. The molecule has 0 spiro atoms. The Balaban J connectivity index is 1.92. The minimum atomic E-state index is -0.274. The van der Waals surface area contributed by atoms with Crippen LogP contribution in [0.4, 0.5) is 0 Å². The average molecular weight is 405 g/mol. The molecule has 30 heavy (non-hydrogen) atoms. The SMILES string of the molecule is CCc1c(CC/C(C)=C\C[C@H](C)O)n(CCc2ccc(C)nc2)c2ccc(C)cc12. The quantitative estimate of drug-likeness (QED) is 0.437. The highest BCUT2D eigenvalue weighted by Gasteiger charge is 2.16. The van der Waals surface area contributed by atoms with Crippen molar-refractivity contribution in [2.75, 3.05) is 0 Å². The molecule has 0 radical (unpaired) electrons. The number of nitrogens with zero attached hydrogens (tertiary/aromatic N) is 2. The predicted octanol–water partition coefficient (Wildman–Crippen LogP) is 6.11. The van der Waals surface area contributed by atoms with Crippen LogP contribution in [-0.4, -0.2) is 20.8 Å². The molecular weight excluding hydrogens is 368 g/mol. The smallest absolute Gasteiger partial charge is 0.0546 e. The molecular formula is C27H36N2O. The summed E-state index contributed by atoms with van der Waals surface area (Å²) >= 11 is 0. The zero-order chi connectivity index (χ0) is 21.7. The van der Waals surface area contributed by atoms with Crippen molar-refractivity contribution in [2.45, 2.75) is 79.4 Å². The predicted molar refractivity (Wildman–Crippen MR) is 127 cm³/mol. The molecule has 0 aliphatic rings. The van der Waals surface area contributed by atoms with E-state index in [0.29, 0.717) is 0 Å². The van der Waals surface area contributed by atoms with E-state index in [0.717, 1.165) is 44.3 Å². The van der Waals surface area contributed by atoms with Crippen LogP contribution >= 0.6 is 0 Å². The van der Waals surface area contributed by atoms with E-state index in [-0.39, 0.29) is 6.10 Å². The third-order valence-corrected chi connectivity index (χ3v) is 5.96. The fraction of sp³-hybridized carbons (Fsp3) is 0.444. The number of benzene rings is 1. The maximum Gasteiger partial charge on any atom is 0.0546 e. The van der Waals surface area contributed by atoms with Gasteiger partial charge in [0.15, 0.2) is 0 Å². The van der Waals surface area contributed by atoms with E-state index in [1.165, 1.54) is 38.9 Å². The molecule has 3 nitrogen and oxygen atoms in total. The Bertz CT molecular complexity index is 1010. The van der Waals surface area contributed by atoms with Crippen LogP contribution in [0.25, 0.3) is 10.9 Å². The molecule has 1 atom stereocenters. The van der Waals surface area contributed by atoms with Gasteiger partial charge in [-0.3, -0.25) is 4.98 Å².